The Morgan fingerprint density at radius 1 is 1.25 bits per heavy atom. The lowest BCUT2D eigenvalue weighted by Gasteiger charge is -2.35. The van der Waals surface area contributed by atoms with Gasteiger partial charge in [0.2, 0.25) is 0 Å². The van der Waals surface area contributed by atoms with Crippen molar-refractivity contribution in [3.63, 3.8) is 0 Å². The molecular formula is C16H28N2O2. The molecule has 114 valence electrons. The summed E-state index contributed by atoms with van der Waals surface area (Å²) in [6.45, 7) is 4.65. The first-order valence-corrected chi connectivity index (χ1v) is 7.96. The third-order valence-electron chi connectivity index (χ3n) is 4.72. The molecule has 0 bridgehead atoms. The maximum Gasteiger partial charge on any atom is 0.315 e. The predicted molar refractivity (Wildman–Crippen MR) is 80.4 cm³/mol. The quantitative estimate of drug-likeness (QED) is 0.693. The number of hydrogen-bond acceptors (Lipinski definition) is 2. The SMILES string of the molecule is CC(C)C1CCCCC1NC(=O)N[C@@H]1C=C[C@H](CO)C1. The number of urea groups is 1. The van der Waals surface area contributed by atoms with Gasteiger partial charge in [-0.2, -0.15) is 0 Å². The van der Waals surface area contributed by atoms with Crippen molar-refractivity contribution < 1.29 is 9.90 Å². The van der Waals surface area contributed by atoms with E-state index in [0.29, 0.717) is 17.9 Å². The van der Waals surface area contributed by atoms with E-state index in [1.54, 1.807) is 0 Å². The maximum atomic E-state index is 12.1. The first kappa shape index (κ1) is 15.4. The summed E-state index contributed by atoms with van der Waals surface area (Å²) < 4.78 is 0. The molecule has 0 aromatic rings. The maximum absolute atomic E-state index is 12.1. The standard InChI is InChI=1S/C16H28N2O2/c1-11(2)14-5-3-4-6-15(14)18-16(20)17-13-8-7-12(9-13)10-19/h7-8,11-15,19H,3-6,9-10H2,1-2H3,(H2,17,18,20)/t12-,13+,14?,15?/m0/s1. The molecule has 0 spiro atoms. The second kappa shape index (κ2) is 7.11. The summed E-state index contributed by atoms with van der Waals surface area (Å²) in [5.41, 5.74) is 0. The molecule has 2 aliphatic rings. The minimum Gasteiger partial charge on any atom is -0.396 e. The third-order valence-corrected chi connectivity index (χ3v) is 4.72. The summed E-state index contributed by atoms with van der Waals surface area (Å²) in [4.78, 5) is 12.1. The molecule has 20 heavy (non-hydrogen) atoms. The molecule has 2 amide bonds. The Hall–Kier alpha value is -1.03. The topological polar surface area (TPSA) is 61.4 Å². The van der Waals surface area contributed by atoms with Gasteiger partial charge in [-0.1, -0.05) is 38.8 Å². The molecule has 1 saturated carbocycles. The van der Waals surface area contributed by atoms with Crippen molar-refractivity contribution in [2.45, 2.75) is 58.0 Å². The number of carbonyl (C=O) groups excluding carboxylic acids is 1. The van der Waals surface area contributed by atoms with E-state index in [1.165, 1.54) is 19.3 Å². The van der Waals surface area contributed by atoms with E-state index >= 15 is 0 Å². The zero-order valence-electron chi connectivity index (χ0n) is 12.6. The van der Waals surface area contributed by atoms with Crippen LogP contribution in [0.25, 0.3) is 0 Å². The molecule has 2 unspecified atom stereocenters. The Kier molecular flexibility index (Phi) is 5.46. The van der Waals surface area contributed by atoms with Gasteiger partial charge < -0.3 is 15.7 Å². The van der Waals surface area contributed by atoms with Crippen LogP contribution in [0.15, 0.2) is 12.2 Å². The smallest absolute Gasteiger partial charge is 0.315 e. The van der Waals surface area contributed by atoms with Crippen LogP contribution in [0.3, 0.4) is 0 Å². The number of aliphatic hydroxyl groups excluding tert-OH is 1. The van der Waals surface area contributed by atoms with Crippen molar-refractivity contribution in [2.24, 2.45) is 17.8 Å². The molecule has 0 heterocycles. The van der Waals surface area contributed by atoms with E-state index in [1.807, 2.05) is 12.2 Å². The molecular weight excluding hydrogens is 252 g/mol. The highest BCUT2D eigenvalue weighted by atomic mass is 16.3. The molecule has 0 aromatic carbocycles. The van der Waals surface area contributed by atoms with Gasteiger partial charge in [0.1, 0.15) is 0 Å². The van der Waals surface area contributed by atoms with Crippen LogP contribution in [-0.2, 0) is 0 Å². The first-order valence-electron chi connectivity index (χ1n) is 7.96. The molecule has 2 rings (SSSR count). The fourth-order valence-corrected chi connectivity index (χ4v) is 3.53. The fraction of sp³-hybridized carbons (Fsp3) is 0.812. The van der Waals surface area contributed by atoms with Gasteiger partial charge in [0.05, 0.1) is 0 Å². The number of aliphatic hydroxyl groups is 1. The zero-order chi connectivity index (χ0) is 14.5. The highest BCUT2D eigenvalue weighted by molar-refractivity contribution is 5.75. The van der Waals surface area contributed by atoms with Crippen LogP contribution in [0.5, 0.6) is 0 Å². The molecule has 0 radical (unpaired) electrons. The van der Waals surface area contributed by atoms with Gasteiger partial charge in [-0.15, -0.1) is 0 Å². The van der Waals surface area contributed by atoms with Gasteiger partial charge in [0.15, 0.2) is 0 Å². The molecule has 4 nitrogen and oxygen atoms in total. The van der Waals surface area contributed by atoms with Crippen LogP contribution in [-0.4, -0.2) is 29.8 Å². The number of rotatable bonds is 4. The second-order valence-corrected chi connectivity index (χ2v) is 6.59. The Labute approximate surface area is 122 Å². The minimum atomic E-state index is -0.0595. The van der Waals surface area contributed by atoms with Gasteiger partial charge in [-0.3, -0.25) is 0 Å². The van der Waals surface area contributed by atoms with E-state index in [2.05, 4.69) is 24.5 Å². The number of amides is 2. The Balaban J connectivity index is 1.80. The second-order valence-electron chi connectivity index (χ2n) is 6.59. The Bertz CT molecular complexity index is 354. The molecule has 0 aromatic heterocycles. The van der Waals surface area contributed by atoms with Gasteiger partial charge in [-0.05, 0) is 31.1 Å². The van der Waals surface area contributed by atoms with Gasteiger partial charge in [0, 0.05) is 24.6 Å². The van der Waals surface area contributed by atoms with Crippen molar-refractivity contribution in [1.82, 2.24) is 10.6 Å². The largest absolute Gasteiger partial charge is 0.396 e. The predicted octanol–water partition coefficient (Wildman–Crippen LogP) is 2.44. The van der Waals surface area contributed by atoms with Crippen LogP contribution in [0.4, 0.5) is 4.79 Å². The van der Waals surface area contributed by atoms with Crippen LogP contribution >= 0.6 is 0 Å². The highest BCUT2D eigenvalue weighted by Gasteiger charge is 2.29. The molecule has 1 fully saturated rings. The van der Waals surface area contributed by atoms with Crippen LogP contribution < -0.4 is 10.6 Å². The molecule has 4 heteroatoms. The van der Waals surface area contributed by atoms with Crippen molar-refractivity contribution in [1.29, 1.82) is 0 Å². The Morgan fingerprint density at radius 2 is 2.00 bits per heavy atom. The van der Waals surface area contributed by atoms with E-state index in [4.69, 9.17) is 5.11 Å². The zero-order valence-corrected chi connectivity index (χ0v) is 12.6. The minimum absolute atomic E-state index is 0.0595. The molecule has 0 saturated heterocycles. The van der Waals surface area contributed by atoms with Gasteiger partial charge >= 0.3 is 6.03 Å². The normalized spacial score (nSPS) is 33.4. The van der Waals surface area contributed by atoms with Crippen LogP contribution in [0, 0.1) is 17.8 Å². The van der Waals surface area contributed by atoms with Crippen molar-refractivity contribution in [2.75, 3.05) is 6.61 Å². The molecule has 4 atom stereocenters. The van der Waals surface area contributed by atoms with Crippen molar-refractivity contribution in [3.05, 3.63) is 12.2 Å². The first-order chi connectivity index (χ1) is 9.60. The lowest BCUT2D eigenvalue weighted by molar-refractivity contribution is 0.192. The fourth-order valence-electron chi connectivity index (χ4n) is 3.53. The van der Waals surface area contributed by atoms with Crippen LogP contribution in [0.1, 0.15) is 46.0 Å². The number of carbonyl (C=O) groups is 1. The van der Waals surface area contributed by atoms with Gasteiger partial charge in [-0.25, -0.2) is 4.79 Å². The summed E-state index contributed by atoms with van der Waals surface area (Å²) in [6, 6.07) is 0.312. The summed E-state index contributed by atoms with van der Waals surface area (Å²) in [5, 5.41) is 15.3. The summed E-state index contributed by atoms with van der Waals surface area (Å²) in [5.74, 6) is 1.41. The average Bonchev–Trinajstić information content (AvgIpc) is 2.86. The summed E-state index contributed by atoms with van der Waals surface area (Å²) >= 11 is 0. The van der Waals surface area contributed by atoms with Crippen molar-refractivity contribution in [3.8, 4) is 0 Å². The summed E-state index contributed by atoms with van der Waals surface area (Å²) in [6.07, 6.45) is 9.59. The highest BCUT2D eigenvalue weighted by Crippen LogP contribution is 2.30. The molecule has 0 aliphatic heterocycles. The molecule has 3 N–H and O–H groups in total. The summed E-state index contributed by atoms with van der Waals surface area (Å²) in [7, 11) is 0. The van der Waals surface area contributed by atoms with Crippen molar-refractivity contribution >= 4 is 6.03 Å². The number of hydrogen-bond donors (Lipinski definition) is 3. The average molecular weight is 280 g/mol. The van der Waals surface area contributed by atoms with Gasteiger partial charge in [0.25, 0.3) is 0 Å². The van der Waals surface area contributed by atoms with E-state index in [-0.39, 0.29) is 24.6 Å². The van der Waals surface area contributed by atoms with Crippen LogP contribution in [0.2, 0.25) is 0 Å². The Morgan fingerprint density at radius 3 is 2.65 bits per heavy atom. The number of nitrogens with one attached hydrogen (secondary N) is 2. The van der Waals surface area contributed by atoms with E-state index in [0.717, 1.165) is 12.8 Å². The monoisotopic (exact) mass is 280 g/mol. The third kappa shape index (κ3) is 3.98. The van der Waals surface area contributed by atoms with E-state index in [9.17, 15) is 4.79 Å². The lowest BCUT2D eigenvalue weighted by atomic mass is 9.78. The molecule has 2 aliphatic carbocycles. The lowest BCUT2D eigenvalue weighted by Crippen LogP contribution is -2.50. The van der Waals surface area contributed by atoms with E-state index < -0.39 is 0 Å².